The van der Waals surface area contributed by atoms with Crippen LogP contribution in [0.4, 0.5) is 0 Å². The van der Waals surface area contributed by atoms with Crippen LogP contribution in [0.5, 0.6) is 0 Å². The fourth-order valence-corrected chi connectivity index (χ4v) is 3.02. The van der Waals surface area contributed by atoms with E-state index < -0.39 is 0 Å². The highest BCUT2D eigenvalue weighted by Crippen LogP contribution is 2.13. The van der Waals surface area contributed by atoms with Gasteiger partial charge in [0.25, 0.3) is 0 Å². The van der Waals surface area contributed by atoms with Crippen LogP contribution in [0.1, 0.15) is 110 Å². The molecule has 0 aromatic heterocycles. The van der Waals surface area contributed by atoms with Gasteiger partial charge in [-0.25, -0.2) is 0 Å². The number of carbonyl (C=O) groups excluding carboxylic acids is 3. The summed E-state index contributed by atoms with van der Waals surface area (Å²) in [7, 11) is 0. The van der Waals surface area contributed by atoms with Crippen molar-refractivity contribution in [2.24, 2.45) is 5.73 Å². The molecule has 158 valence electrons. The van der Waals surface area contributed by atoms with E-state index in [-0.39, 0.29) is 31.1 Å². The van der Waals surface area contributed by atoms with Crippen molar-refractivity contribution in [3.63, 3.8) is 0 Å². The van der Waals surface area contributed by atoms with Crippen molar-refractivity contribution >= 4 is 17.5 Å². The molecule has 0 amide bonds. The minimum absolute atomic E-state index is 0.00446. The van der Waals surface area contributed by atoms with Gasteiger partial charge in [-0.3, -0.25) is 9.59 Å². The third kappa shape index (κ3) is 20.9. The lowest BCUT2D eigenvalue weighted by Gasteiger charge is -2.05. The highest BCUT2D eigenvalue weighted by Gasteiger charge is 2.06. The molecule has 0 aliphatic carbocycles. The molecule has 0 radical (unpaired) electrons. The van der Waals surface area contributed by atoms with Crippen molar-refractivity contribution in [1.82, 2.24) is 0 Å². The maximum absolute atomic E-state index is 11.4. The number of rotatable bonds is 20. The maximum atomic E-state index is 11.4. The van der Waals surface area contributed by atoms with Gasteiger partial charge >= 0.3 is 5.97 Å². The SMILES string of the molecule is CC(=O)CCCCCCCCCCCCCCCOC(=O)CCC(=O)CN. The molecular weight excluding hydrogens is 342 g/mol. The van der Waals surface area contributed by atoms with Gasteiger partial charge in [0.15, 0.2) is 0 Å². The van der Waals surface area contributed by atoms with Gasteiger partial charge in [0.1, 0.15) is 11.6 Å². The fourth-order valence-electron chi connectivity index (χ4n) is 3.02. The third-order valence-electron chi connectivity index (χ3n) is 4.77. The molecule has 0 saturated heterocycles. The topological polar surface area (TPSA) is 86.5 Å². The second-order valence-electron chi connectivity index (χ2n) is 7.51. The largest absolute Gasteiger partial charge is 0.466 e. The van der Waals surface area contributed by atoms with Crippen molar-refractivity contribution in [2.75, 3.05) is 13.2 Å². The van der Waals surface area contributed by atoms with Gasteiger partial charge in [-0.15, -0.1) is 0 Å². The second-order valence-corrected chi connectivity index (χ2v) is 7.51. The number of carbonyl (C=O) groups is 3. The number of hydrogen-bond acceptors (Lipinski definition) is 5. The molecule has 0 aromatic carbocycles. The molecule has 0 rings (SSSR count). The summed E-state index contributed by atoms with van der Waals surface area (Å²) >= 11 is 0. The molecule has 5 nitrogen and oxygen atoms in total. The van der Waals surface area contributed by atoms with Gasteiger partial charge < -0.3 is 15.3 Å². The van der Waals surface area contributed by atoms with Crippen LogP contribution < -0.4 is 5.73 Å². The van der Waals surface area contributed by atoms with Gasteiger partial charge in [-0.1, -0.05) is 70.6 Å². The van der Waals surface area contributed by atoms with Gasteiger partial charge in [-0.2, -0.15) is 0 Å². The van der Waals surface area contributed by atoms with Crippen LogP contribution in [0, 0.1) is 0 Å². The van der Waals surface area contributed by atoms with Gasteiger partial charge in [0, 0.05) is 12.8 Å². The van der Waals surface area contributed by atoms with Crippen LogP contribution in [-0.2, 0) is 19.1 Å². The van der Waals surface area contributed by atoms with E-state index in [1.165, 1.54) is 64.2 Å². The lowest BCUT2D eigenvalue weighted by Crippen LogP contribution is -2.15. The molecule has 0 bridgehead atoms. The van der Waals surface area contributed by atoms with Crippen molar-refractivity contribution in [2.45, 2.75) is 110 Å². The number of esters is 1. The summed E-state index contributed by atoms with van der Waals surface area (Å²) in [5.41, 5.74) is 5.19. The van der Waals surface area contributed by atoms with Crippen LogP contribution in [0.3, 0.4) is 0 Å². The Kier molecular flexibility index (Phi) is 18.6. The quantitative estimate of drug-likeness (QED) is 0.239. The average Bonchev–Trinajstić information content (AvgIpc) is 2.65. The Bertz CT molecular complexity index is 396. The first-order chi connectivity index (χ1) is 13.1. The zero-order valence-electron chi connectivity index (χ0n) is 17.4. The predicted molar refractivity (Wildman–Crippen MR) is 110 cm³/mol. The van der Waals surface area contributed by atoms with Gasteiger partial charge in [-0.05, 0) is 19.8 Å². The summed E-state index contributed by atoms with van der Waals surface area (Å²) in [6.45, 7) is 2.13. The fraction of sp³-hybridized carbons (Fsp3) is 0.864. The third-order valence-corrected chi connectivity index (χ3v) is 4.77. The van der Waals surface area contributed by atoms with E-state index in [0.29, 0.717) is 12.4 Å². The predicted octanol–water partition coefficient (Wildman–Crippen LogP) is 4.89. The van der Waals surface area contributed by atoms with E-state index in [2.05, 4.69) is 0 Å². The Morgan fingerprint density at radius 1 is 0.630 bits per heavy atom. The number of ether oxygens (including phenoxy) is 1. The number of nitrogens with two attached hydrogens (primary N) is 1. The van der Waals surface area contributed by atoms with E-state index in [4.69, 9.17) is 10.5 Å². The summed E-state index contributed by atoms with van der Waals surface area (Å²) < 4.78 is 5.11. The molecule has 5 heteroatoms. The summed E-state index contributed by atoms with van der Waals surface area (Å²) in [6, 6.07) is 0. The normalized spacial score (nSPS) is 10.7. The van der Waals surface area contributed by atoms with E-state index in [1.54, 1.807) is 6.92 Å². The molecule has 0 aliphatic rings. The van der Waals surface area contributed by atoms with Crippen molar-refractivity contribution in [3.05, 3.63) is 0 Å². The first kappa shape index (κ1) is 25.8. The Balaban J connectivity index is 3.15. The first-order valence-electron chi connectivity index (χ1n) is 10.9. The molecule has 0 heterocycles. The first-order valence-corrected chi connectivity index (χ1v) is 10.9. The highest BCUT2D eigenvalue weighted by atomic mass is 16.5. The Morgan fingerprint density at radius 2 is 1.07 bits per heavy atom. The molecule has 0 spiro atoms. The second kappa shape index (κ2) is 19.5. The molecular formula is C22H41NO4. The standard InChI is InChI=1S/C22H41NO4/c1-20(24)15-13-11-9-7-5-3-2-4-6-8-10-12-14-18-27-22(26)17-16-21(25)19-23/h2-19,23H2,1H3. The van der Waals surface area contributed by atoms with Crippen LogP contribution >= 0.6 is 0 Å². The average molecular weight is 384 g/mol. The zero-order chi connectivity index (χ0) is 20.2. The Hall–Kier alpha value is -1.23. The van der Waals surface area contributed by atoms with Crippen LogP contribution in [0.2, 0.25) is 0 Å². The molecule has 0 aliphatic heterocycles. The Morgan fingerprint density at radius 3 is 1.52 bits per heavy atom. The van der Waals surface area contributed by atoms with E-state index in [1.807, 2.05) is 0 Å². The number of Topliss-reactive ketones (excluding diaryl/α,β-unsaturated/α-hetero) is 2. The van der Waals surface area contributed by atoms with E-state index in [0.717, 1.165) is 25.7 Å². The molecule has 27 heavy (non-hydrogen) atoms. The molecule has 0 fully saturated rings. The molecule has 0 unspecified atom stereocenters. The van der Waals surface area contributed by atoms with Crippen molar-refractivity contribution in [3.8, 4) is 0 Å². The number of hydrogen-bond donors (Lipinski definition) is 1. The summed E-state index contributed by atoms with van der Waals surface area (Å²) in [5, 5.41) is 0. The van der Waals surface area contributed by atoms with E-state index >= 15 is 0 Å². The summed E-state index contributed by atoms with van der Waals surface area (Å²) in [5.74, 6) is -0.0840. The minimum atomic E-state index is -0.296. The Labute approximate surface area is 165 Å². The molecule has 0 aromatic rings. The van der Waals surface area contributed by atoms with E-state index in [9.17, 15) is 14.4 Å². The minimum Gasteiger partial charge on any atom is -0.466 e. The van der Waals surface area contributed by atoms with Crippen LogP contribution in [0.15, 0.2) is 0 Å². The van der Waals surface area contributed by atoms with Crippen LogP contribution in [-0.4, -0.2) is 30.7 Å². The monoisotopic (exact) mass is 383 g/mol. The van der Waals surface area contributed by atoms with Crippen molar-refractivity contribution in [1.29, 1.82) is 0 Å². The molecule has 0 saturated carbocycles. The smallest absolute Gasteiger partial charge is 0.306 e. The molecule has 0 atom stereocenters. The summed E-state index contributed by atoms with van der Waals surface area (Å²) in [6.07, 6.45) is 16.9. The van der Waals surface area contributed by atoms with Crippen LogP contribution in [0.25, 0.3) is 0 Å². The lowest BCUT2D eigenvalue weighted by atomic mass is 10.0. The highest BCUT2D eigenvalue weighted by molar-refractivity contribution is 5.84. The molecule has 2 N–H and O–H groups in total. The number of unbranched alkanes of at least 4 members (excludes halogenated alkanes) is 12. The van der Waals surface area contributed by atoms with Crippen molar-refractivity contribution < 1.29 is 19.1 Å². The van der Waals surface area contributed by atoms with Gasteiger partial charge in [0.2, 0.25) is 0 Å². The zero-order valence-corrected chi connectivity index (χ0v) is 17.4. The number of ketones is 2. The summed E-state index contributed by atoms with van der Waals surface area (Å²) in [4.78, 5) is 33.2. The lowest BCUT2D eigenvalue weighted by molar-refractivity contribution is -0.144. The maximum Gasteiger partial charge on any atom is 0.306 e. The van der Waals surface area contributed by atoms with Gasteiger partial charge in [0.05, 0.1) is 19.6 Å².